The van der Waals surface area contributed by atoms with E-state index in [-0.39, 0.29) is 18.7 Å². The summed E-state index contributed by atoms with van der Waals surface area (Å²) >= 11 is 0. The standard InChI is InChI=1S/C30H32N2O7/c1-6-10-22-15-21(18-26(37-9-4)27(22)39-14-8-3)16-23-28(33)31-30(35)32(29(23)34)19-20-11-12-24(38-13-7-2)25(17-20)36-5/h3,6,11-12,15-18H,1,7,9-10,13-14,19H2,2,4-5H3,(H,31,33,35)/b23-16+. The predicted octanol–water partition coefficient (Wildman–Crippen LogP) is 4.29. The number of nitrogens with one attached hydrogen (secondary N) is 1. The van der Waals surface area contributed by atoms with Crippen LogP contribution in [0.2, 0.25) is 0 Å². The Labute approximate surface area is 228 Å². The summed E-state index contributed by atoms with van der Waals surface area (Å²) in [6.07, 6.45) is 9.73. The third kappa shape index (κ3) is 6.99. The van der Waals surface area contributed by atoms with Crippen LogP contribution in [0.1, 0.15) is 37.0 Å². The molecule has 9 heteroatoms. The first-order valence-corrected chi connectivity index (χ1v) is 12.5. The first kappa shape index (κ1) is 28.9. The molecule has 0 radical (unpaired) electrons. The highest BCUT2D eigenvalue weighted by molar-refractivity contribution is 6.31. The first-order valence-electron chi connectivity index (χ1n) is 12.5. The number of hydrogen-bond donors (Lipinski definition) is 1. The number of benzene rings is 2. The molecule has 0 atom stereocenters. The van der Waals surface area contributed by atoms with Gasteiger partial charge in [-0.1, -0.05) is 25.0 Å². The minimum Gasteiger partial charge on any atom is -0.493 e. The monoisotopic (exact) mass is 532 g/mol. The molecule has 3 rings (SSSR count). The number of carbonyl (C=O) groups excluding carboxylic acids is 3. The Balaban J connectivity index is 1.96. The summed E-state index contributed by atoms with van der Waals surface area (Å²) in [4.78, 5) is 39.7. The number of amides is 4. The number of carbonyl (C=O) groups is 3. The molecule has 0 unspecified atom stereocenters. The molecule has 9 nitrogen and oxygen atoms in total. The number of terminal acetylenes is 1. The van der Waals surface area contributed by atoms with Crippen molar-refractivity contribution in [2.24, 2.45) is 0 Å². The largest absolute Gasteiger partial charge is 0.493 e. The van der Waals surface area contributed by atoms with Gasteiger partial charge in [0, 0.05) is 5.56 Å². The number of ether oxygens (including phenoxy) is 4. The molecule has 1 aliphatic heterocycles. The maximum Gasteiger partial charge on any atom is 0.331 e. The Hall–Kier alpha value is -4.71. The van der Waals surface area contributed by atoms with E-state index in [2.05, 4.69) is 17.8 Å². The van der Waals surface area contributed by atoms with Crippen LogP contribution in [0.25, 0.3) is 6.08 Å². The van der Waals surface area contributed by atoms with Crippen molar-refractivity contribution < 1.29 is 33.3 Å². The lowest BCUT2D eigenvalue weighted by Crippen LogP contribution is -2.53. The second-order valence-electron chi connectivity index (χ2n) is 8.47. The number of allylic oxidation sites excluding steroid dienone is 1. The van der Waals surface area contributed by atoms with E-state index in [9.17, 15) is 14.4 Å². The number of imide groups is 2. The third-order valence-electron chi connectivity index (χ3n) is 5.65. The van der Waals surface area contributed by atoms with Crippen LogP contribution in [-0.2, 0) is 22.6 Å². The zero-order valence-corrected chi connectivity index (χ0v) is 22.4. The molecule has 1 saturated heterocycles. The van der Waals surface area contributed by atoms with Gasteiger partial charge in [0.15, 0.2) is 23.0 Å². The first-order chi connectivity index (χ1) is 18.9. The predicted molar refractivity (Wildman–Crippen MR) is 147 cm³/mol. The normalized spacial score (nSPS) is 14.1. The Morgan fingerprint density at radius 1 is 1.05 bits per heavy atom. The van der Waals surface area contributed by atoms with E-state index in [0.29, 0.717) is 59.3 Å². The van der Waals surface area contributed by atoms with Crippen LogP contribution in [-0.4, -0.2) is 49.7 Å². The van der Waals surface area contributed by atoms with E-state index in [1.807, 2.05) is 13.8 Å². The highest BCUT2D eigenvalue weighted by atomic mass is 16.5. The highest BCUT2D eigenvalue weighted by Gasteiger charge is 2.36. The van der Waals surface area contributed by atoms with Gasteiger partial charge in [-0.25, -0.2) is 4.79 Å². The Kier molecular flexibility index (Phi) is 10.2. The number of rotatable bonds is 13. The Morgan fingerprint density at radius 2 is 1.85 bits per heavy atom. The number of hydrogen-bond acceptors (Lipinski definition) is 7. The molecule has 0 bridgehead atoms. The summed E-state index contributed by atoms with van der Waals surface area (Å²) in [5, 5.41) is 2.25. The van der Waals surface area contributed by atoms with Gasteiger partial charge in [0.05, 0.1) is 26.9 Å². The molecule has 0 saturated carbocycles. The molecule has 39 heavy (non-hydrogen) atoms. The van der Waals surface area contributed by atoms with Gasteiger partial charge in [0.1, 0.15) is 12.2 Å². The fourth-order valence-corrected chi connectivity index (χ4v) is 3.94. The van der Waals surface area contributed by atoms with E-state index in [0.717, 1.165) is 11.3 Å². The zero-order chi connectivity index (χ0) is 28.4. The van der Waals surface area contributed by atoms with Crippen LogP contribution >= 0.6 is 0 Å². The molecule has 0 aliphatic carbocycles. The SMILES string of the molecule is C#CCOc1c(CC=C)cc(/C=C2\C(=O)NC(=O)N(Cc3ccc(OCCC)c(OC)c3)C2=O)cc1OCC. The van der Waals surface area contributed by atoms with Crippen molar-refractivity contribution in [1.82, 2.24) is 10.2 Å². The maximum absolute atomic E-state index is 13.4. The van der Waals surface area contributed by atoms with Gasteiger partial charge in [0.25, 0.3) is 11.8 Å². The summed E-state index contributed by atoms with van der Waals surface area (Å²) in [5.74, 6) is 2.81. The molecule has 204 valence electrons. The Bertz CT molecular complexity index is 1320. The van der Waals surface area contributed by atoms with E-state index < -0.39 is 17.8 Å². The van der Waals surface area contributed by atoms with Crippen LogP contribution in [0.15, 0.2) is 48.6 Å². The highest BCUT2D eigenvalue weighted by Crippen LogP contribution is 2.35. The number of methoxy groups -OCH3 is 1. The second kappa shape index (κ2) is 13.7. The number of nitrogens with zero attached hydrogens (tertiary/aromatic N) is 1. The van der Waals surface area contributed by atoms with Crippen molar-refractivity contribution in [2.75, 3.05) is 26.9 Å². The molecule has 1 heterocycles. The average Bonchev–Trinajstić information content (AvgIpc) is 2.92. The topological polar surface area (TPSA) is 103 Å². The van der Waals surface area contributed by atoms with Crippen molar-refractivity contribution in [3.8, 4) is 35.3 Å². The zero-order valence-electron chi connectivity index (χ0n) is 22.4. The van der Waals surface area contributed by atoms with Crippen LogP contribution in [0.3, 0.4) is 0 Å². The lowest BCUT2D eigenvalue weighted by atomic mass is 10.0. The maximum atomic E-state index is 13.4. The fourth-order valence-electron chi connectivity index (χ4n) is 3.94. The van der Waals surface area contributed by atoms with Crippen LogP contribution < -0.4 is 24.3 Å². The lowest BCUT2D eigenvalue weighted by Gasteiger charge is -2.26. The quantitative estimate of drug-likeness (QED) is 0.178. The third-order valence-corrected chi connectivity index (χ3v) is 5.65. The van der Waals surface area contributed by atoms with Gasteiger partial charge < -0.3 is 18.9 Å². The van der Waals surface area contributed by atoms with Gasteiger partial charge >= 0.3 is 6.03 Å². The summed E-state index contributed by atoms with van der Waals surface area (Å²) in [5.41, 5.74) is 1.64. The molecular formula is C30H32N2O7. The molecule has 0 spiro atoms. The molecule has 2 aromatic rings. The van der Waals surface area contributed by atoms with E-state index in [1.165, 1.54) is 13.2 Å². The van der Waals surface area contributed by atoms with Crippen molar-refractivity contribution in [3.63, 3.8) is 0 Å². The summed E-state index contributed by atoms with van der Waals surface area (Å²) in [6.45, 7) is 8.44. The fraction of sp³-hybridized carbons (Fsp3) is 0.300. The number of urea groups is 1. The Morgan fingerprint density at radius 3 is 2.51 bits per heavy atom. The molecular weight excluding hydrogens is 500 g/mol. The second-order valence-corrected chi connectivity index (χ2v) is 8.47. The van der Waals surface area contributed by atoms with Gasteiger partial charge in [-0.3, -0.25) is 19.8 Å². The van der Waals surface area contributed by atoms with Gasteiger partial charge in [0.2, 0.25) is 0 Å². The van der Waals surface area contributed by atoms with Crippen molar-refractivity contribution in [1.29, 1.82) is 0 Å². The van der Waals surface area contributed by atoms with Gasteiger partial charge in [-0.2, -0.15) is 0 Å². The minimum absolute atomic E-state index is 0.0408. The summed E-state index contributed by atoms with van der Waals surface area (Å²) in [6, 6.07) is 7.74. The molecule has 0 aromatic heterocycles. The molecule has 1 N–H and O–H groups in total. The van der Waals surface area contributed by atoms with Crippen LogP contribution in [0, 0.1) is 12.3 Å². The van der Waals surface area contributed by atoms with Crippen LogP contribution in [0.4, 0.5) is 4.79 Å². The molecule has 1 fully saturated rings. The van der Waals surface area contributed by atoms with Crippen molar-refractivity contribution in [2.45, 2.75) is 33.2 Å². The number of barbiturate groups is 1. The molecule has 2 aromatic carbocycles. The van der Waals surface area contributed by atoms with Crippen molar-refractivity contribution in [3.05, 3.63) is 65.3 Å². The van der Waals surface area contributed by atoms with E-state index in [1.54, 1.807) is 36.4 Å². The summed E-state index contributed by atoms with van der Waals surface area (Å²) < 4.78 is 22.5. The molecule has 4 amide bonds. The lowest BCUT2D eigenvalue weighted by molar-refractivity contribution is -0.130. The van der Waals surface area contributed by atoms with E-state index in [4.69, 9.17) is 25.4 Å². The van der Waals surface area contributed by atoms with Crippen LogP contribution in [0.5, 0.6) is 23.0 Å². The van der Waals surface area contributed by atoms with E-state index >= 15 is 0 Å². The van der Waals surface area contributed by atoms with Gasteiger partial charge in [-0.15, -0.1) is 13.0 Å². The smallest absolute Gasteiger partial charge is 0.331 e. The summed E-state index contributed by atoms with van der Waals surface area (Å²) in [7, 11) is 1.51. The average molecular weight is 533 g/mol. The van der Waals surface area contributed by atoms with Crippen molar-refractivity contribution >= 4 is 23.9 Å². The molecule has 1 aliphatic rings. The van der Waals surface area contributed by atoms with Gasteiger partial charge in [-0.05, 0) is 61.2 Å². The minimum atomic E-state index is -0.812.